The van der Waals surface area contributed by atoms with Crippen LogP contribution in [-0.2, 0) is 0 Å². The number of benzene rings is 2. The fourth-order valence-electron chi connectivity index (χ4n) is 2.25. The zero-order valence-electron chi connectivity index (χ0n) is 12.8. The van der Waals surface area contributed by atoms with E-state index in [1.165, 1.54) is 23.9 Å². The fourth-order valence-corrected chi connectivity index (χ4v) is 2.25. The first-order valence-electron chi connectivity index (χ1n) is 7.11. The summed E-state index contributed by atoms with van der Waals surface area (Å²) in [4.78, 5) is 8.37. The molecule has 2 aromatic carbocycles. The predicted octanol–water partition coefficient (Wildman–Crippen LogP) is 3.94. The molecule has 0 fully saturated rings. The number of hydrogen-bond donors (Lipinski definition) is 2. The maximum absolute atomic E-state index is 13.6. The molecule has 0 aliphatic carbocycles. The Bertz CT molecular complexity index is 857. The largest absolute Gasteiger partial charge is 0.761 e. The van der Waals surface area contributed by atoms with Crippen molar-refractivity contribution >= 4 is 17.2 Å². The number of rotatable bonds is 5. The zero-order chi connectivity index (χ0) is 16.9. The van der Waals surface area contributed by atoms with Gasteiger partial charge < -0.3 is 20.7 Å². The first kappa shape index (κ1) is 15.7. The number of aromatic nitrogens is 2. The third-order valence-corrected chi connectivity index (χ3v) is 3.40. The highest BCUT2D eigenvalue weighted by atomic mass is 19.1. The lowest BCUT2D eigenvalue weighted by Crippen LogP contribution is -1.98. The molecular formula is C17H14FN4O2-. The minimum absolute atomic E-state index is 0.113. The zero-order valence-corrected chi connectivity index (χ0v) is 12.8. The molecule has 0 aliphatic rings. The van der Waals surface area contributed by atoms with Crippen LogP contribution in [0.1, 0.15) is 0 Å². The molecule has 0 atom stereocenters. The molecule has 0 saturated heterocycles. The molecule has 0 aliphatic heterocycles. The monoisotopic (exact) mass is 325 g/mol. The number of halogens is 1. The van der Waals surface area contributed by atoms with Crippen LogP contribution in [0, 0.1) is 11.0 Å². The van der Waals surface area contributed by atoms with Crippen LogP contribution in [0.3, 0.4) is 0 Å². The highest BCUT2D eigenvalue weighted by molar-refractivity contribution is 5.70. The van der Waals surface area contributed by atoms with Gasteiger partial charge in [0.05, 0.1) is 18.5 Å². The molecule has 7 heteroatoms. The first-order chi connectivity index (χ1) is 11.7. The van der Waals surface area contributed by atoms with Crippen LogP contribution in [-0.4, -0.2) is 17.1 Å². The molecule has 0 unspecified atom stereocenters. The standard InChI is InChI=1S/C17H14FN4O2/c1-24-16-5-3-2-4-12(16)15-9-17(20-10-19-15)21-11-6-7-14(22-23)13(18)8-11/h2-10,22H,1H3,(H,19,20,21)/q-1. The van der Waals surface area contributed by atoms with Gasteiger partial charge in [0.25, 0.3) is 0 Å². The Morgan fingerprint density at radius 3 is 2.67 bits per heavy atom. The van der Waals surface area contributed by atoms with Gasteiger partial charge in [-0.1, -0.05) is 12.1 Å². The van der Waals surface area contributed by atoms with Gasteiger partial charge in [-0.3, -0.25) is 0 Å². The summed E-state index contributed by atoms with van der Waals surface area (Å²) in [5, 5.41) is 13.5. The maximum atomic E-state index is 13.6. The highest BCUT2D eigenvalue weighted by Crippen LogP contribution is 2.29. The Morgan fingerprint density at radius 1 is 1.08 bits per heavy atom. The van der Waals surface area contributed by atoms with Crippen molar-refractivity contribution in [3.05, 3.63) is 65.9 Å². The SMILES string of the molecule is COc1ccccc1-c1cc(Nc2ccc(N[O-])c(F)c2)ncn1. The highest BCUT2D eigenvalue weighted by Gasteiger charge is 2.08. The molecule has 0 spiro atoms. The molecule has 2 N–H and O–H groups in total. The summed E-state index contributed by atoms with van der Waals surface area (Å²) >= 11 is 0. The molecule has 122 valence electrons. The van der Waals surface area contributed by atoms with E-state index < -0.39 is 5.82 Å². The van der Waals surface area contributed by atoms with Gasteiger partial charge in [-0.2, -0.15) is 0 Å². The normalized spacial score (nSPS) is 10.3. The fraction of sp³-hybridized carbons (Fsp3) is 0.0588. The third kappa shape index (κ3) is 3.26. The van der Waals surface area contributed by atoms with Crippen LogP contribution in [0.25, 0.3) is 11.3 Å². The Balaban J connectivity index is 1.89. The van der Waals surface area contributed by atoms with Crippen molar-refractivity contribution < 1.29 is 9.13 Å². The minimum Gasteiger partial charge on any atom is -0.761 e. The van der Waals surface area contributed by atoms with Crippen molar-refractivity contribution in [2.24, 2.45) is 0 Å². The number of methoxy groups -OCH3 is 1. The van der Waals surface area contributed by atoms with E-state index in [2.05, 4.69) is 15.3 Å². The van der Waals surface area contributed by atoms with Gasteiger partial charge in [0.2, 0.25) is 0 Å². The summed E-state index contributed by atoms with van der Waals surface area (Å²) in [5.74, 6) is 0.543. The quantitative estimate of drug-likeness (QED) is 0.691. The van der Waals surface area contributed by atoms with Crippen LogP contribution in [0.15, 0.2) is 54.9 Å². The van der Waals surface area contributed by atoms with Crippen molar-refractivity contribution in [2.45, 2.75) is 0 Å². The van der Waals surface area contributed by atoms with Crippen LogP contribution in [0.2, 0.25) is 0 Å². The van der Waals surface area contributed by atoms with Gasteiger partial charge in [-0.15, -0.1) is 0 Å². The lowest BCUT2D eigenvalue weighted by Gasteiger charge is -2.13. The molecule has 3 aromatic rings. The van der Waals surface area contributed by atoms with E-state index in [9.17, 15) is 9.60 Å². The van der Waals surface area contributed by atoms with E-state index in [1.807, 2.05) is 24.3 Å². The van der Waals surface area contributed by atoms with E-state index >= 15 is 0 Å². The van der Waals surface area contributed by atoms with Crippen LogP contribution in [0.5, 0.6) is 5.75 Å². The number of nitrogens with one attached hydrogen (secondary N) is 2. The lowest BCUT2D eigenvalue weighted by atomic mass is 10.1. The second-order valence-corrected chi connectivity index (χ2v) is 4.91. The Hall–Kier alpha value is -3.19. The van der Waals surface area contributed by atoms with Gasteiger partial charge in [0.1, 0.15) is 23.7 Å². The van der Waals surface area contributed by atoms with E-state index in [4.69, 9.17) is 4.74 Å². The summed E-state index contributed by atoms with van der Waals surface area (Å²) in [7, 11) is 1.59. The summed E-state index contributed by atoms with van der Waals surface area (Å²) in [6.45, 7) is 0. The van der Waals surface area contributed by atoms with Crippen LogP contribution < -0.4 is 15.5 Å². The van der Waals surface area contributed by atoms with Gasteiger partial charge in [-0.25, -0.2) is 14.4 Å². The topological polar surface area (TPSA) is 82.1 Å². The number of nitrogens with zero attached hydrogens (tertiary/aromatic N) is 2. The van der Waals surface area contributed by atoms with Crippen molar-refractivity contribution in [3.63, 3.8) is 0 Å². The Kier molecular flexibility index (Phi) is 4.53. The summed E-state index contributed by atoms with van der Waals surface area (Å²) < 4.78 is 19.0. The summed E-state index contributed by atoms with van der Waals surface area (Å²) in [5.41, 5.74) is 3.38. The molecule has 1 aromatic heterocycles. The van der Waals surface area contributed by atoms with Crippen molar-refractivity contribution in [1.82, 2.24) is 9.97 Å². The molecule has 1 heterocycles. The van der Waals surface area contributed by atoms with Gasteiger partial charge in [-0.05, 0) is 30.3 Å². The van der Waals surface area contributed by atoms with Crippen molar-refractivity contribution in [3.8, 4) is 17.0 Å². The first-order valence-corrected chi connectivity index (χ1v) is 7.11. The van der Waals surface area contributed by atoms with Gasteiger partial charge >= 0.3 is 0 Å². The van der Waals surface area contributed by atoms with Crippen LogP contribution in [0.4, 0.5) is 21.6 Å². The van der Waals surface area contributed by atoms with E-state index in [0.29, 0.717) is 22.9 Å². The van der Waals surface area contributed by atoms with E-state index in [1.54, 1.807) is 19.2 Å². The second kappa shape index (κ2) is 6.93. The van der Waals surface area contributed by atoms with Gasteiger partial charge in [0, 0.05) is 17.3 Å². The molecular weight excluding hydrogens is 311 g/mol. The number of hydrogen-bond acceptors (Lipinski definition) is 6. The molecule has 24 heavy (non-hydrogen) atoms. The van der Waals surface area contributed by atoms with Crippen molar-refractivity contribution in [1.29, 1.82) is 0 Å². The average molecular weight is 325 g/mol. The van der Waals surface area contributed by atoms with E-state index in [0.717, 1.165) is 5.56 Å². The van der Waals surface area contributed by atoms with E-state index in [-0.39, 0.29) is 5.69 Å². The lowest BCUT2D eigenvalue weighted by molar-refractivity contribution is 0.416. The molecule has 0 bridgehead atoms. The van der Waals surface area contributed by atoms with Gasteiger partial charge in [0.15, 0.2) is 0 Å². The summed E-state index contributed by atoms with van der Waals surface area (Å²) in [6.07, 6.45) is 1.41. The maximum Gasteiger partial charge on any atom is 0.147 e. The third-order valence-electron chi connectivity index (χ3n) is 3.40. The Morgan fingerprint density at radius 2 is 1.92 bits per heavy atom. The van der Waals surface area contributed by atoms with Crippen LogP contribution >= 0.6 is 0 Å². The molecule has 6 nitrogen and oxygen atoms in total. The number of para-hydroxylation sites is 1. The molecule has 0 radical (unpaired) electrons. The second-order valence-electron chi connectivity index (χ2n) is 4.91. The minimum atomic E-state index is -0.644. The Labute approximate surface area is 137 Å². The number of ether oxygens (including phenoxy) is 1. The molecule has 3 rings (SSSR count). The molecule has 0 saturated carbocycles. The van der Waals surface area contributed by atoms with Crippen molar-refractivity contribution in [2.75, 3.05) is 17.9 Å². The predicted molar refractivity (Wildman–Crippen MR) is 90.7 cm³/mol. The number of anilines is 3. The summed E-state index contributed by atoms with van der Waals surface area (Å²) in [6, 6.07) is 13.4. The average Bonchev–Trinajstić information content (AvgIpc) is 2.62. The smallest absolute Gasteiger partial charge is 0.147 e. The molecule has 0 amide bonds.